The quantitative estimate of drug-likeness (QED) is 0.779. The van der Waals surface area contributed by atoms with E-state index in [9.17, 15) is 5.11 Å². The van der Waals surface area contributed by atoms with E-state index in [0.717, 1.165) is 17.7 Å². The molecule has 4 nitrogen and oxygen atoms in total. The first-order valence-electron chi connectivity index (χ1n) is 4.71. The van der Waals surface area contributed by atoms with E-state index in [2.05, 4.69) is 4.98 Å². The number of nitrogens with zero attached hydrogens (tertiary/aromatic N) is 1. The number of rotatable bonds is 2. The Bertz CT molecular complexity index is 316. The van der Waals surface area contributed by atoms with Crippen LogP contribution < -0.4 is 5.73 Å². The number of hydrogen-bond acceptors (Lipinski definition) is 5. The summed E-state index contributed by atoms with van der Waals surface area (Å²) >= 11 is 1.32. The highest BCUT2D eigenvalue weighted by atomic mass is 32.1. The lowest BCUT2D eigenvalue weighted by Gasteiger charge is -2.16. The predicted molar refractivity (Wildman–Crippen MR) is 55.1 cm³/mol. The molecule has 2 heterocycles. The molecule has 5 heteroatoms. The Morgan fingerprint density at radius 1 is 1.71 bits per heavy atom. The lowest BCUT2D eigenvalue weighted by Crippen LogP contribution is -2.17. The van der Waals surface area contributed by atoms with Gasteiger partial charge >= 0.3 is 0 Å². The SMILES string of the molecule is CC1CCC(C(O)c2cnc(N)s2)O1. The summed E-state index contributed by atoms with van der Waals surface area (Å²) in [6.07, 6.45) is 3.12. The Morgan fingerprint density at radius 2 is 2.50 bits per heavy atom. The molecule has 1 aliphatic rings. The van der Waals surface area contributed by atoms with Crippen molar-refractivity contribution < 1.29 is 9.84 Å². The number of aliphatic hydroxyl groups excluding tert-OH is 1. The average Bonchev–Trinajstić information content (AvgIpc) is 2.73. The van der Waals surface area contributed by atoms with Crippen LogP contribution in [0.25, 0.3) is 0 Å². The van der Waals surface area contributed by atoms with Gasteiger partial charge in [-0.3, -0.25) is 0 Å². The van der Waals surface area contributed by atoms with Gasteiger partial charge in [-0.2, -0.15) is 0 Å². The molecule has 0 radical (unpaired) electrons. The van der Waals surface area contributed by atoms with Crippen molar-refractivity contribution in [3.63, 3.8) is 0 Å². The number of hydrogen-bond donors (Lipinski definition) is 2. The molecule has 1 aromatic heterocycles. The van der Waals surface area contributed by atoms with Crippen molar-refractivity contribution in [2.45, 2.75) is 38.1 Å². The van der Waals surface area contributed by atoms with Gasteiger partial charge in [0, 0.05) is 6.20 Å². The van der Waals surface area contributed by atoms with Gasteiger partial charge in [-0.05, 0) is 19.8 Å². The van der Waals surface area contributed by atoms with E-state index in [1.807, 2.05) is 6.92 Å². The number of anilines is 1. The van der Waals surface area contributed by atoms with Crippen molar-refractivity contribution in [1.82, 2.24) is 4.98 Å². The fraction of sp³-hybridized carbons (Fsp3) is 0.667. The zero-order chi connectivity index (χ0) is 10.1. The second-order valence-electron chi connectivity index (χ2n) is 3.61. The molecular weight excluding hydrogens is 200 g/mol. The fourth-order valence-corrected chi connectivity index (χ4v) is 2.41. The minimum atomic E-state index is -0.574. The van der Waals surface area contributed by atoms with E-state index in [-0.39, 0.29) is 12.2 Å². The maximum absolute atomic E-state index is 9.94. The molecule has 1 aromatic rings. The monoisotopic (exact) mass is 214 g/mol. The molecule has 0 bridgehead atoms. The third-order valence-electron chi connectivity index (χ3n) is 2.45. The summed E-state index contributed by atoms with van der Waals surface area (Å²) in [5.41, 5.74) is 5.50. The van der Waals surface area contributed by atoms with Gasteiger partial charge in [-0.15, -0.1) is 0 Å². The Kier molecular flexibility index (Phi) is 2.71. The third-order valence-corrected chi connectivity index (χ3v) is 3.35. The van der Waals surface area contributed by atoms with Crippen molar-refractivity contribution in [2.75, 3.05) is 5.73 Å². The molecule has 1 fully saturated rings. The van der Waals surface area contributed by atoms with E-state index in [1.165, 1.54) is 11.3 Å². The topological polar surface area (TPSA) is 68.4 Å². The first kappa shape index (κ1) is 9.89. The summed E-state index contributed by atoms with van der Waals surface area (Å²) in [5, 5.41) is 10.4. The van der Waals surface area contributed by atoms with Gasteiger partial charge < -0.3 is 15.6 Å². The highest BCUT2D eigenvalue weighted by Gasteiger charge is 2.30. The molecule has 14 heavy (non-hydrogen) atoms. The highest BCUT2D eigenvalue weighted by Crippen LogP contribution is 2.32. The zero-order valence-corrected chi connectivity index (χ0v) is 8.83. The Balaban J connectivity index is 2.05. The molecule has 3 N–H and O–H groups in total. The van der Waals surface area contributed by atoms with Gasteiger partial charge in [0.1, 0.15) is 6.10 Å². The number of aliphatic hydroxyl groups is 1. The lowest BCUT2D eigenvalue weighted by atomic mass is 10.1. The number of thiazole rings is 1. The predicted octanol–water partition coefficient (Wildman–Crippen LogP) is 1.33. The van der Waals surface area contributed by atoms with Crippen molar-refractivity contribution in [3.05, 3.63) is 11.1 Å². The Morgan fingerprint density at radius 3 is 3.00 bits per heavy atom. The molecule has 3 atom stereocenters. The summed E-state index contributed by atoms with van der Waals surface area (Å²) in [7, 11) is 0. The molecule has 0 amide bonds. The van der Waals surface area contributed by atoms with Crippen molar-refractivity contribution in [3.8, 4) is 0 Å². The normalized spacial score (nSPS) is 29.3. The van der Waals surface area contributed by atoms with Crippen LogP contribution in [-0.4, -0.2) is 22.3 Å². The number of ether oxygens (including phenoxy) is 1. The van der Waals surface area contributed by atoms with Crippen LogP contribution in [0.3, 0.4) is 0 Å². The molecule has 1 aliphatic heterocycles. The van der Waals surface area contributed by atoms with E-state index in [0.29, 0.717) is 5.13 Å². The standard InChI is InChI=1S/C9H14N2O2S/c1-5-2-3-6(13-5)8(12)7-4-11-9(10)14-7/h4-6,8,12H,2-3H2,1H3,(H2,10,11). The molecular formula is C9H14N2O2S. The highest BCUT2D eigenvalue weighted by molar-refractivity contribution is 7.15. The average molecular weight is 214 g/mol. The van der Waals surface area contributed by atoms with Crippen LogP contribution in [0.2, 0.25) is 0 Å². The maximum Gasteiger partial charge on any atom is 0.180 e. The number of aromatic nitrogens is 1. The zero-order valence-electron chi connectivity index (χ0n) is 8.01. The van der Waals surface area contributed by atoms with Crippen LogP contribution in [-0.2, 0) is 4.74 Å². The van der Waals surface area contributed by atoms with Crippen molar-refractivity contribution in [2.24, 2.45) is 0 Å². The summed E-state index contributed by atoms with van der Waals surface area (Å²) < 4.78 is 5.57. The molecule has 2 rings (SSSR count). The minimum Gasteiger partial charge on any atom is -0.385 e. The van der Waals surface area contributed by atoms with Gasteiger partial charge in [0.25, 0.3) is 0 Å². The van der Waals surface area contributed by atoms with Crippen molar-refractivity contribution in [1.29, 1.82) is 0 Å². The Hall–Kier alpha value is -0.650. The molecule has 78 valence electrons. The third kappa shape index (κ3) is 1.89. The minimum absolute atomic E-state index is 0.0927. The first-order chi connectivity index (χ1) is 6.66. The van der Waals surface area contributed by atoms with Crippen LogP contribution in [0.4, 0.5) is 5.13 Å². The summed E-state index contributed by atoms with van der Waals surface area (Å²) in [6, 6.07) is 0. The van der Waals surface area contributed by atoms with Gasteiger partial charge in [0.2, 0.25) is 0 Å². The lowest BCUT2D eigenvalue weighted by molar-refractivity contribution is -0.0283. The van der Waals surface area contributed by atoms with Crippen LogP contribution in [0.5, 0.6) is 0 Å². The molecule has 0 saturated carbocycles. The summed E-state index contributed by atoms with van der Waals surface area (Å²) in [5.74, 6) is 0. The fourth-order valence-electron chi connectivity index (χ4n) is 1.69. The Labute approximate surface area is 86.7 Å². The second-order valence-corrected chi connectivity index (χ2v) is 4.70. The van der Waals surface area contributed by atoms with E-state index >= 15 is 0 Å². The second kappa shape index (κ2) is 3.84. The molecule has 0 aromatic carbocycles. The smallest absolute Gasteiger partial charge is 0.180 e. The summed E-state index contributed by atoms with van der Waals surface area (Å²) in [4.78, 5) is 4.70. The van der Waals surface area contributed by atoms with E-state index < -0.39 is 6.10 Å². The van der Waals surface area contributed by atoms with Gasteiger partial charge in [0.15, 0.2) is 5.13 Å². The van der Waals surface area contributed by atoms with E-state index in [1.54, 1.807) is 6.20 Å². The maximum atomic E-state index is 9.94. The van der Waals surface area contributed by atoms with Gasteiger partial charge in [0.05, 0.1) is 17.1 Å². The number of nitrogens with two attached hydrogens (primary N) is 1. The van der Waals surface area contributed by atoms with Crippen LogP contribution in [0.15, 0.2) is 6.20 Å². The van der Waals surface area contributed by atoms with Crippen LogP contribution >= 0.6 is 11.3 Å². The van der Waals surface area contributed by atoms with Crippen LogP contribution in [0, 0.1) is 0 Å². The van der Waals surface area contributed by atoms with Crippen LogP contribution in [0.1, 0.15) is 30.7 Å². The number of nitrogen functional groups attached to an aromatic ring is 1. The molecule has 0 aliphatic carbocycles. The molecule has 1 saturated heterocycles. The van der Waals surface area contributed by atoms with E-state index in [4.69, 9.17) is 10.5 Å². The van der Waals surface area contributed by atoms with Gasteiger partial charge in [-0.1, -0.05) is 11.3 Å². The first-order valence-corrected chi connectivity index (χ1v) is 5.53. The molecule has 3 unspecified atom stereocenters. The van der Waals surface area contributed by atoms with Crippen molar-refractivity contribution >= 4 is 16.5 Å². The largest absolute Gasteiger partial charge is 0.385 e. The molecule has 0 spiro atoms. The summed E-state index contributed by atoms with van der Waals surface area (Å²) in [6.45, 7) is 2.02. The van der Waals surface area contributed by atoms with Gasteiger partial charge in [-0.25, -0.2) is 4.98 Å².